The van der Waals surface area contributed by atoms with Gasteiger partial charge in [-0.1, -0.05) is 17.7 Å². The molecule has 98 valence electrons. The van der Waals surface area contributed by atoms with Crippen molar-refractivity contribution in [2.75, 3.05) is 6.54 Å². The third-order valence-corrected chi connectivity index (χ3v) is 3.07. The molecular weight excluding hydrogens is 318 g/mol. The summed E-state index contributed by atoms with van der Waals surface area (Å²) in [6.07, 6.45) is 1.93. The SMILES string of the molecule is C=CCCNC(=O)C(C)Oc1ccc(Cl)cc1Br. The lowest BCUT2D eigenvalue weighted by Gasteiger charge is -2.15. The Balaban J connectivity index is 2.55. The van der Waals surface area contributed by atoms with Crippen molar-refractivity contribution in [3.8, 4) is 5.75 Å². The second-order valence-corrected chi connectivity index (χ2v) is 4.99. The fourth-order valence-electron chi connectivity index (χ4n) is 1.26. The first-order chi connectivity index (χ1) is 8.54. The van der Waals surface area contributed by atoms with Crippen molar-refractivity contribution in [2.24, 2.45) is 0 Å². The van der Waals surface area contributed by atoms with Crippen LogP contribution in [0.15, 0.2) is 35.3 Å². The monoisotopic (exact) mass is 331 g/mol. The van der Waals surface area contributed by atoms with Gasteiger partial charge in [0.25, 0.3) is 5.91 Å². The molecule has 0 bridgehead atoms. The minimum absolute atomic E-state index is 0.154. The van der Waals surface area contributed by atoms with E-state index in [0.29, 0.717) is 17.3 Å². The molecule has 1 atom stereocenters. The Bertz CT molecular complexity index is 437. The van der Waals surface area contributed by atoms with Gasteiger partial charge < -0.3 is 10.1 Å². The molecule has 1 aromatic carbocycles. The van der Waals surface area contributed by atoms with Crippen LogP contribution in [-0.4, -0.2) is 18.6 Å². The van der Waals surface area contributed by atoms with Gasteiger partial charge in [-0.15, -0.1) is 6.58 Å². The molecule has 1 rings (SSSR count). The number of benzene rings is 1. The molecule has 0 saturated carbocycles. The molecule has 0 radical (unpaired) electrons. The highest BCUT2D eigenvalue weighted by atomic mass is 79.9. The van der Waals surface area contributed by atoms with Crippen LogP contribution in [0.4, 0.5) is 0 Å². The third-order valence-electron chi connectivity index (χ3n) is 2.21. The van der Waals surface area contributed by atoms with E-state index < -0.39 is 6.10 Å². The first-order valence-electron chi connectivity index (χ1n) is 5.55. The molecule has 0 spiro atoms. The van der Waals surface area contributed by atoms with Gasteiger partial charge in [0.15, 0.2) is 6.10 Å². The van der Waals surface area contributed by atoms with Crippen molar-refractivity contribution >= 4 is 33.4 Å². The van der Waals surface area contributed by atoms with E-state index in [1.807, 2.05) is 0 Å². The highest BCUT2D eigenvalue weighted by molar-refractivity contribution is 9.10. The standard InChI is InChI=1S/C13H15BrClNO2/c1-3-4-7-16-13(17)9(2)18-12-6-5-10(15)8-11(12)14/h3,5-6,8-9H,1,4,7H2,2H3,(H,16,17). The average Bonchev–Trinajstić information content (AvgIpc) is 2.32. The van der Waals surface area contributed by atoms with Crippen LogP contribution in [0.25, 0.3) is 0 Å². The summed E-state index contributed by atoms with van der Waals surface area (Å²) in [5, 5.41) is 3.37. The lowest BCUT2D eigenvalue weighted by molar-refractivity contribution is -0.127. The molecule has 1 aromatic rings. The van der Waals surface area contributed by atoms with Crippen LogP contribution < -0.4 is 10.1 Å². The van der Waals surface area contributed by atoms with Gasteiger partial charge in [-0.2, -0.15) is 0 Å². The minimum Gasteiger partial charge on any atom is -0.480 e. The zero-order valence-electron chi connectivity index (χ0n) is 10.1. The van der Waals surface area contributed by atoms with Gasteiger partial charge in [-0.05, 0) is 47.5 Å². The number of carbonyl (C=O) groups is 1. The molecule has 3 nitrogen and oxygen atoms in total. The Kier molecular flexibility index (Phi) is 6.22. The Labute approximate surface area is 120 Å². The summed E-state index contributed by atoms with van der Waals surface area (Å²) in [5.41, 5.74) is 0. The Hall–Kier alpha value is -1.000. The highest BCUT2D eigenvalue weighted by Gasteiger charge is 2.15. The minimum atomic E-state index is -0.563. The van der Waals surface area contributed by atoms with Crippen LogP contribution in [0, 0.1) is 0 Å². The highest BCUT2D eigenvalue weighted by Crippen LogP contribution is 2.28. The van der Waals surface area contributed by atoms with E-state index in [0.717, 1.165) is 10.9 Å². The number of amides is 1. The van der Waals surface area contributed by atoms with E-state index in [1.165, 1.54) is 0 Å². The van der Waals surface area contributed by atoms with Gasteiger partial charge in [-0.25, -0.2) is 0 Å². The van der Waals surface area contributed by atoms with Crippen LogP contribution in [0.2, 0.25) is 5.02 Å². The number of rotatable bonds is 6. The molecule has 0 aliphatic rings. The molecule has 1 N–H and O–H groups in total. The molecule has 0 saturated heterocycles. The third kappa shape index (κ3) is 4.70. The Morgan fingerprint density at radius 2 is 2.39 bits per heavy atom. The zero-order chi connectivity index (χ0) is 13.5. The van der Waals surface area contributed by atoms with Crippen molar-refractivity contribution in [2.45, 2.75) is 19.4 Å². The molecular formula is C13H15BrClNO2. The number of halogens is 2. The van der Waals surface area contributed by atoms with Gasteiger partial charge in [0.2, 0.25) is 0 Å². The maximum atomic E-state index is 11.7. The first-order valence-corrected chi connectivity index (χ1v) is 6.72. The molecule has 5 heteroatoms. The van der Waals surface area contributed by atoms with Gasteiger partial charge in [0.1, 0.15) is 5.75 Å². The summed E-state index contributed by atoms with van der Waals surface area (Å²) in [6.45, 7) is 5.85. The van der Waals surface area contributed by atoms with Crippen molar-refractivity contribution in [3.05, 3.63) is 40.3 Å². The predicted octanol–water partition coefficient (Wildman–Crippen LogP) is 3.56. The van der Waals surface area contributed by atoms with Gasteiger partial charge in [0.05, 0.1) is 4.47 Å². The normalized spacial score (nSPS) is 11.7. The summed E-state index contributed by atoms with van der Waals surface area (Å²) in [6, 6.07) is 5.16. The second kappa shape index (κ2) is 7.44. The van der Waals surface area contributed by atoms with Gasteiger partial charge in [0, 0.05) is 11.6 Å². The fraction of sp³-hybridized carbons (Fsp3) is 0.308. The molecule has 1 amide bonds. The molecule has 0 aromatic heterocycles. The molecule has 0 aliphatic heterocycles. The maximum absolute atomic E-state index is 11.7. The lowest BCUT2D eigenvalue weighted by Crippen LogP contribution is -2.36. The van der Waals surface area contributed by atoms with Crippen molar-refractivity contribution in [1.82, 2.24) is 5.32 Å². The quantitative estimate of drug-likeness (QED) is 0.639. The summed E-state index contributed by atoms with van der Waals surface area (Å²) in [5.74, 6) is 0.435. The van der Waals surface area contributed by atoms with Crippen LogP contribution in [0.1, 0.15) is 13.3 Å². The predicted molar refractivity (Wildman–Crippen MR) is 77.1 cm³/mol. The number of hydrogen-bond donors (Lipinski definition) is 1. The molecule has 18 heavy (non-hydrogen) atoms. The van der Waals surface area contributed by atoms with Crippen molar-refractivity contribution in [3.63, 3.8) is 0 Å². The number of ether oxygens (including phenoxy) is 1. The van der Waals surface area contributed by atoms with E-state index in [1.54, 1.807) is 31.2 Å². The largest absolute Gasteiger partial charge is 0.480 e. The zero-order valence-corrected chi connectivity index (χ0v) is 12.4. The number of carbonyl (C=O) groups excluding carboxylic acids is 1. The summed E-state index contributed by atoms with van der Waals surface area (Å²) >= 11 is 9.16. The van der Waals surface area contributed by atoms with Gasteiger partial charge in [-0.3, -0.25) is 4.79 Å². The summed E-state index contributed by atoms with van der Waals surface area (Å²) in [7, 11) is 0. The van der Waals surface area contributed by atoms with Crippen LogP contribution in [-0.2, 0) is 4.79 Å². The van der Waals surface area contributed by atoms with E-state index >= 15 is 0 Å². The van der Waals surface area contributed by atoms with Crippen molar-refractivity contribution < 1.29 is 9.53 Å². The van der Waals surface area contributed by atoms with E-state index in [-0.39, 0.29) is 5.91 Å². The van der Waals surface area contributed by atoms with E-state index in [9.17, 15) is 4.79 Å². The van der Waals surface area contributed by atoms with Crippen LogP contribution in [0.3, 0.4) is 0 Å². The maximum Gasteiger partial charge on any atom is 0.260 e. The Morgan fingerprint density at radius 1 is 1.67 bits per heavy atom. The first kappa shape index (κ1) is 15.1. The molecule has 1 unspecified atom stereocenters. The molecule has 0 aliphatic carbocycles. The second-order valence-electron chi connectivity index (χ2n) is 3.70. The topological polar surface area (TPSA) is 38.3 Å². The van der Waals surface area contributed by atoms with E-state index in [4.69, 9.17) is 16.3 Å². The number of nitrogens with one attached hydrogen (secondary N) is 1. The van der Waals surface area contributed by atoms with Crippen LogP contribution >= 0.6 is 27.5 Å². The fourth-order valence-corrected chi connectivity index (χ4v) is 2.03. The summed E-state index contributed by atoms with van der Waals surface area (Å²) < 4.78 is 6.27. The van der Waals surface area contributed by atoms with Gasteiger partial charge >= 0.3 is 0 Å². The van der Waals surface area contributed by atoms with E-state index in [2.05, 4.69) is 27.8 Å². The smallest absolute Gasteiger partial charge is 0.260 e. The molecule has 0 heterocycles. The van der Waals surface area contributed by atoms with Crippen LogP contribution in [0.5, 0.6) is 5.75 Å². The van der Waals surface area contributed by atoms with Crippen molar-refractivity contribution in [1.29, 1.82) is 0 Å². The Morgan fingerprint density at radius 3 is 3.00 bits per heavy atom. The summed E-state index contributed by atoms with van der Waals surface area (Å²) in [4.78, 5) is 11.7. The molecule has 0 fully saturated rings. The number of hydrogen-bond acceptors (Lipinski definition) is 2. The average molecular weight is 333 g/mol. The lowest BCUT2D eigenvalue weighted by atomic mass is 10.3.